The molecule has 0 unspecified atom stereocenters. The molecular formula is C34H49N3O5. The van der Waals surface area contributed by atoms with Crippen molar-refractivity contribution in [1.82, 2.24) is 10.6 Å². The van der Waals surface area contributed by atoms with Crippen LogP contribution in [0.2, 0.25) is 0 Å². The molecule has 0 bridgehead atoms. The quantitative estimate of drug-likeness (QED) is 0.172. The van der Waals surface area contributed by atoms with E-state index >= 15 is 0 Å². The second kappa shape index (κ2) is 18.2. The lowest BCUT2D eigenvalue weighted by molar-refractivity contribution is -0.131. The molecule has 0 radical (unpaired) electrons. The van der Waals surface area contributed by atoms with E-state index < -0.39 is 12.0 Å². The number of unbranched alkanes of at least 4 members (excludes halogenated alkanes) is 5. The van der Waals surface area contributed by atoms with E-state index in [2.05, 4.69) is 17.6 Å². The number of nitrogens with two attached hydrogens (primary N) is 1. The molecule has 8 nitrogen and oxygen atoms in total. The number of hydrogen-bond acceptors (Lipinski definition) is 6. The van der Waals surface area contributed by atoms with Crippen molar-refractivity contribution >= 4 is 17.8 Å². The van der Waals surface area contributed by atoms with Gasteiger partial charge in [0.25, 0.3) is 0 Å². The van der Waals surface area contributed by atoms with Gasteiger partial charge in [-0.15, -0.1) is 0 Å². The van der Waals surface area contributed by atoms with E-state index in [1.807, 2.05) is 36.4 Å². The van der Waals surface area contributed by atoms with Gasteiger partial charge in [-0.1, -0.05) is 69.4 Å². The summed E-state index contributed by atoms with van der Waals surface area (Å²) in [6, 6.07) is 14.0. The topological polar surface area (TPSA) is 120 Å². The summed E-state index contributed by atoms with van der Waals surface area (Å²) in [5.41, 5.74) is 7.95. The monoisotopic (exact) mass is 579 g/mol. The summed E-state index contributed by atoms with van der Waals surface area (Å²) >= 11 is 0. The van der Waals surface area contributed by atoms with Crippen LogP contribution in [-0.4, -0.2) is 44.0 Å². The number of nitrogens with one attached hydrogen (secondary N) is 2. The fourth-order valence-corrected chi connectivity index (χ4v) is 5.47. The summed E-state index contributed by atoms with van der Waals surface area (Å²) < 4.78 is 10.8. The van der Waals surface area contributed by atoms with Crippen molar-refractivity contribution in [3.05, 3.63) is 65.2 Å². The van der Waals surface area contributed by atoms with E-state index in [0.29, 0.717) is 36.7 Å². The second-order valence-electron chi connectivity index (χ2n) is 11.4. The minimum atomic E-state index is -0.650. The Kier molecular flexibility index (Phi) is 14.4. The highest BCUT2D eigenvalue weighted by Gasteiger charge is 2.29. The maximum atomic E-state index is 13.2. The molecule has 0 saturated heterocycles. The normalized spacial score (nSPS) is 17.2. The smallest absolute Gasteiger partial charge is 0.338 e. The zero-order chi connectivity index (χ0) is 30.2. The molecule has 42 heavy (non-hydrogen) atoms. The van der Waals surface area contributed by atoms with Crippen LogP contribution < -0.4 is 21.1 Å². The van der Waals surface area contributed by atoms with Crippen LogP contribution in [0.4, 0.5) is 0 Å². The summed E-state index contributed by atoms with van der Waals surface area (Å²) in [6.45, 7) is 3.69. The predicted molar refractivity (Wildman–Crippen MR) is 165 cm³/mol. The molecule has 2 aromatic carbocycles. The van der Waals surface area contributed by atoms with Crippen molar-refractivity contribution in [1.29, 1.82) is 0 Å². The van der Waals surface area contributed by atoms with Gasteiger partial charge in [-0.2, -0.15) is 0 Å². The van der Waals surface area contributed by atoms with Crippen LogP contribution in [0, 0.1) is 11.8 Å². The average molecular weight is 580 g/mol. The summed E-state index contributed by atoms with van der Waals surface area (Å²) in [5, 5.41) is 6.12. The van der Waals surface area contributed by atoms with Crippen molar-refractivity contribution in [3.8, 4) is 5.75 Å². The SMILES string of the molecule is CCCCCCCCNC(=O)[C@H](Cc1ccc(OCc2ccccc2C(=O)OC)cc1)NC(=O)C1CCC(CN)CC1. The lowest BCUT2D eigenvalue weighted by atomic mass is 9.81. The van der Waals surface area contributed by atoms with E-state index in [4.69, 9.17) is 15.2 Å². The Hall–Kier alpha value is -3.39. The summed E-state index contributed by atoms with van der Waals surface area (Å²) in [4.78, 5) is 38.4. The van der Waals surface area contributed by atoms with Crippen LogP contribution in [-0.2, 0) is 27.4 Å². The van der Waals surface area contributed by atoms with Gasteiger partial charge in [0.2, 0.25) is 11.8 Å². The Morgan fingerprint density at radius 3 is 2.31 bits per heavy atom. The highest BCUT2D eigenvalue weighted by atomic mass is 16.5. The number of ether oxygens (including phenoxy) is 2. The first-order valence-corrected chi connectivity index (χ1v) is 15.6. The molecule has 1 fully saturated rings. The van der Waals surface area contributed by atoms with Crippen LogP contribution >= 0.6 is 0 Å². The first-order chi connectivity index (χ1) is 20.4. The molecule has 1 aliphatic rings. The maximum Gasteiger partial charge on any atom is 0.338 e. The molecule has 0 aliphatic heterocycles. The van der Waals surface area contributed by atoms with Crippen LogP contribution in [0.5, 0.6) is 5.75 Å². The Bertz CT molecular complexity index is 1110. The summed E-state index contributed by atoms with van der Waals surface area (Å²) in [5.74, 6) is 0.454. The molecule has 2 aromatic rings. The minimum absolute atomic E-state index is 0.0468. The van der Waals surface area contributed by atoms with Crippen molar-refractivity contribution in [2.24, 2.45) is 17.6 Å². The Labute approximate surface area is 251 Å². The third-order valence-corrected chi connectivity index (χ3v) is 8.19. The maximum absolute atomic E-state index is 13.2. The molecule has 1 saturated carbocycles. The first kappa shape index (κ1) is 33.1. The van der Waals surface area contributed by atoms with Crippen LogP contribution in [0.25, 0.3) is 0 Å². The van der Waals surface area contributed by atoms with Gasteiger partial charge in [0.05, 0.1) is 12.7 Å². The zero-order valence-electron chi connectivity index (χ0n) is 25.4. The number of rotatable bonds is 17. The first-order valence-electron chi connectivity index (χ1n) is 15.6. The molecule has 0 aromatic heterocycles. The molecular weight excluding hydrogens is 530 g/mol. The van der Waals surface area contributed by atoms with Gasteiger partial charge in [-0.3, -0.25) is 9.59 Å². The van der Waals surface area contributed by atoms with Crippen molar-refractivity contribution in [2.75, 3.05) is 20.2 Å². The Balaban J connectivity index is 1.59. The largest absolute Gasteiger partial charge is 0.489 e. The number of carbonyl (C=O) groups is 3. The van der Waals surface area contributed by atoms with Crippen LogP contribution in [0.15, 0.2) is 48.5 Å². The lowest BCUT2D eigenvalue weighted by Crippen LogP contribution is -2.50. The summed E-state index contributed by atoms with van der Waals surface area (Å²) in [6.07, 6.45) is 10.8. The number of amides is 2. The zero-order valence-corrected chi connectivity index (χ0v) is 25.4. The van der Waals surface area contributed by atoms with Crippen molar-refractivity contribution in [3.63, 3.8) is 0 Å². The highest BCUT2D eigenvalue weighted by molar-refractivity contribution is 5.91. The standard InChI is InChI=1S/C34H49N3O5/c1-3-4-5-6-7-10-21-36-33(39)31(37-32(38)27-17-13-26(23-35)14-18-27)22-25-15-19-29(20-16-25)42-24-28-11-8-9-12-30(28)34(40)41-2/h8-9,11-12,15-16,19-20,26-27,31H,3-7,10,13-14,17-18,21-24,35H2,1-2H3,(H,36,39)(H,37,38)/t26?,27?,31-/m0/s1. The number of hydrogen-bond donors (Lipinski definition) is 3. The number of esters is 1. The Morgan fingerprint density at radius 1 is 0.929 bits per heavy atom. The van der Waals surface area contributed by atoms with Crippen LogP contribution in [0.1, 0.15) is 92.6 Å². The molecule has 1 atom stereocenters. The van der Waals surface area contributed by atoms with E-state index in [9.17, 15) is 14.4 Å². The lowest BCUT2D eigenvalue weighted by Gasteiger charge is -2.28. The fourth-order valence-electron chi connectivity index (χ4n) is 5.47. The number of methoxy groups -OCH3 is 1. The molecule has 0 heterocycles. The van der Waals surface area contributed by atoms with Crippen molar-refractivity contribution < 1.29 is 23.9 Å². The van der Waals surface area contributed by atoms with E-state index in [1.165, 1.54) is 32.8 Å². The second-order valence-corrected chi connectivity index (χ2v) is 11.4. The van der Waals surface area contributed by atoms with Gasteiger partial charge in [0.1, 0.15) is 18.4 Å². The number of benzene rings is 2. The summed E-state index contributed by atoms with van der Waals surface area (Å²) in [7, 11) is 1.36. The Morgan fingerprint density at radius 2 is 1.62 bits per heavy atom. The molecule has 4 N–H and O–H groups in total. The number of carbonyl (C=O) groups excluding carboxylic acids is 3. The van der Waals surface area contributed by atoms with Gasteiger partial charge in [0, 0.05) is 24.4 Å². The molecule has 8 heteroatoms. The minimum Gasteiger partial charge on any atom is -0.489 e. The van der Waals surface area contributed by atoms with E-state index in [0.717, 1.165) is 49.7 Å². The molecule has 1 aliphatic carbocycles. The predicted octanol–water partition coefficient (Wildman–Crippen LogP) is 5.32. The van der Waals surface area contributed by atoms with Crippen molar-refractivity contribution in [2.45, 2.75) is 90.2 Å². The third kappa shape index (κ3) is 10.8. The van der Waals surface area contributed by atoms with E-state index in [-0.39, 0.29) is 24.3 Å². The third-order valence-electron chi connectivity index (χ3n) is 8.19. The average Bonchev–Trinajstić information content (AvgIpc) is 3.03. The van der Waals surface area contributed by atoms with Gasteiger partial charge in [0.15, 0.2) is 0 Å². The fraction of sp³-hybridized carbons (Fsp3) is 0.559. The van der Waals surface area contributed by atoms with Gasteiger partial charge < -0.3 is 25.8 Å². The molecule has 2 amide bonds. The van der Waals surface area contributed by atoms with Gasteiger partial charge >= 0.3 is 5.97 Å². The highest BCUT2D eigenvalue weighted by Crippen LogP contribution is 2.28. The van der Waals surface area contributed by atoms with Crippen LogP contribution in [0.3, 0.4) is 0 Å². The van der Waals surface area contributed by atoms with E-state index in [1.54, 1.807) is 12.1 Å². The molecule has 3 rings (SSSR count). The van der Waals surface area contributed by atoms with Gasteiger partial charge in [-0.25, -0.2) is 4.79 Å². The van der Waals surface area contributed by atoms with Gasteiger partial charge in [-0.05, 0) is 68.3 Å². The molecule has 0 spiro atoms. The molecule has 230 valence electrons.